The van der Waals surface area contributed by atoms with Crippen LogP contribution in [-0.2, 0) is 0 Å². The van der Waals surface area contributed by atoms with E-state index in [0.29, 0.717) is 0 Å². The van der Waals surface area contributed by atoms with E-state index >= 15 is 0 Å². The molecule has 0 saturated carbocycles. The predicted octanol–water partition coefficient (Wildman–Crippen LogP) is -1.53. The number of ether oxygens (including phenoxy) is 1. The number of hydrogen-bond acceptors (Lipinski definition) is 4. The highest BCUT2D eigenvalue weighted by Crippen LogP contribution is 2.10. The number of methoxy groups -OCH3 is 1. The fourth-order valence-electron chi connectivity index (χ4n) is 1.08. The lowest BCUT2D eigenvalue weighted by atomic mass is 9.79. The lowest BCUT2D eigenvalue weighted by Crippen LogP contribution is -2.31. The van der Waals surface area contributed by atoms with Gasteiger partial charge >= 0.3 is 7.12 Å². The van der Waals surface area contributed by atoms with Crippen molar-refractivity contribution in [1.82, 2.24) is 0 Å². The zero-order valence-corrected chi connectivity index (χ0v) is 7.60. The first-order chi connectivity index (χ1) is 6.56. The number of hydrogen-bond donors (Lipinski definition) is 3. The Bertz CT molecular complexity index is 353. The van der Waals surface area contributed by atoms with Gasteiger partial charge in [0, 0.05) is 11.0 Å². The van der Waals surface area contributed by atoms with E-state index in [1.807, 2.05) is 0 Å². The van der Waals surface area contributed by atoms with Crippen molar-refractivity contribution >= 4 is 18.5 Å². The van der Waals surface area contributed by atoms with E-state index in [9.17, 15) is 4.79 Å². The van der Waals surface area contributed by atoms with Crippen molar-refractivity contribution in [2.24, 2.45) is 5.73 Å². The Balaban J connectivity index is 3.18. The smallest absolute Gasteiger partial charge is 0.492 e. The molecule has 1 aromatic carbocycles. The minimum Gasteiger partial charge on any atom is -0.497 e. The Morgan fingerprint density at radius 3 is 2.57 bits per heavy atom. The molecule has 14 heavy (non-hydrogen) atoms. The SMILES string of the molecule is COc1cc(C(N)=O)ccc1B(O)O. The van der Waals surface area contributed by atoms with Crippen LogP contribution in [0.4, 0.5) is 0 Å². The van der Waals surface area contributed by atoms with Crippen molar-refractivity contribution in [2.75, 3.05) is 7.11 Å². The number of nitrogens with two attached hydrogens (primary N) is 1. The molecule has 0 spiro atoms. The van der Waals surface area contributed by atoms with Gasteiger partial charge in [0.05, 0.1) is 7.11 Å². The van der Waals surface area contributed by atoms with Crippen LogP contribution >= 0.6 is 0 Å². The Kier molecular flexibility index (Phi) is 3.11. The highest BCUT2D eigenvalue weighted by Gasteiger charge is 2.17. The molecular weight excluding hydrogens is 185 g/mol. The minimum atomic E-state index is -1.63. The zero-order chi connectivity index (χ0) is 10.7. The van der Waals surface area contributed by atoms with E-state index in [2.05, 4.69) is 0 Å². The van der Waals surface area contributed by atoms with Crippen molar-refractivity contribution in [3.8, 4) is 5.75 Å². The molecule has 0 aromatic heterocycles. The van der Waals surface area contributed by atoms with Crippen molar-refractivity contribution in [3.05, 3.63) is 23.8 Å². The van der Waals surface area contributed by atoms with Crippen molar-refractivity contribution < 1.29 is 19.6 Å². The molecule has 0 bridgehead atoms. The number of carbonyl (C=O) groups excluding carboxylic acids is 1. The topological polar surface area (TPSA) is 92.8 Å². The normalized spacial score (nSPS) is 9.64. The number of benzene rings is 1. The van der Waals surface area contributed by atoms with Gasteiger partial charge in [0.25, 0.3) is 0 Å². The van der Waals surface area contributed by atoms with Gasteiger partial charge in [0.1, 0.15) is 5.75 Å². The summed E-state index contributed by atoms with van der Waals surface area (Å²) in [6.45, 7) is 0. The van der Waals surface area contributed by atoms with Crippen LogP contribution in [-0.4, -0.2) is 30.2 Å². The second-order valence-electron chi connectivity index (χ2n) is 2.69. The molecule has 1 rings (SSSR count). The molecular formula is C8H10BNO4. The molecule has 0 unspecified atom stereocenters. The quantitative estimate of drug-likeness (QED) is 0.510. The summed E-state index contributed by atoms with van der Waals surface area (Å²) in [6, 6.07) is 4.14. The van der Waals surface area contributed by atoms with Gasteiger partial charge in [-0.1, -0.05) is 6.07 Å². The Morgan fingerprint density at radius 1 is 1.50 bits per heavy atom. The van der Waals surface area contributed by atoms with Crippen LogP contribution in [0.15, 0.2) is 18.2 Å². The predicted molar refractivity (Wildman–Crippen MR) is 51.3 cm³/mol. The molecule has 74 valence electrons. The molecule has 1 amide bonds. The van der Waals surface area contributed by atoms with Crippen molar-refractivity contribution in [1.29, 1.82) is 0 Å². The van der Waals surface area contributed by atoms with Crippen LogP contribution in [0.25, 0.3) is 0 Å². The second-order valence-corrected chi connectivity index (χ2v) is 2.69. The first kappa shape index (κ1) is 10.6. The molecule has 0 aliphatic rings. The molecule has 6 heteroatoms. The van der Waals surface area contributed by atoms with Crippen LogP contribution in [0.5, 0.6) is 5.75 Å². The molecule has 0 heterocycles. The van der Waals surface area contributed by atoms with Gasteiger partial charge < -0.3 is 20.5 Å². The fraction of sp³-hybridized carbons (Fsp3) is 0.125. The van der Waals surface area contributed by atoms with Crippen molar-refractivity contribution in [2.45, 2.75) is 0 Å². The van der Waals surface area contributed by atoms with E-state index in [1.54, 1.807) is 0 Å². The molecule has 0 saturated heterocycles. The number of rotatable bonds is 3. The van der Waals surface area contributed by atoms with Gasteiger partial charge in [0.2, 0.25) is 5.91 Å². The fourth-order valence-corrected chi connectivity index (χ4v) is 1.08. The molecule has 0 atom stereocenters. The molecule has 0 aliphatic heterocycles. The zero-order valence-electron chi connectivity index (χ0n) is 7.60. The third kappa shape index (κ3) is 2.04. The number of primary amides is 1. The van der Waals surface area contributed by atoms with Crippen LogP contribution in [0.1, 0.15) is 10.4 Å². The Hall–Kier alpha value is -1.53. The monoisotopic (exact) mass is 195 g/mol. The molecule has 0 fully saturated rings. The maximum atomic E-state index is 10.8. The first-order valence-electron chi connectivity index (χ1n) is 3.90. The van der Waals surface area contributed by atoms with E-state index < -0.39 is 13.0 Å². The van der Waals surface area contributed by atoms with Crippen molar-refractivity contribution in [3.63, 3.8) is 0 Å². The summed E-state index contributed by atoms with van der Waals surface area (Å²) in [6.07, 6.45) is 0. The Labute approximate surface area is 81.3 Å². The average molecular weight is 195 g/mol. The van der Waals surface area contributed by atoms with Gasteiger partial charge in [-0.05, 0) is 12.1 Å². The summed E-state index contributed by atoms with van der Waals surface area (Å²) in [4.78, 5) is 10.8. The summed E-state index contributed by atoms with van der Waals surface area (Å²) in [5.74, 6) is -0.376. The third-order valence-electron chi connectivity index (χ3n) is 1.80. The number of amides is 1. The van der Waals surface area contributed by atoms with Crippen LogP contribution in [0.3, 0.4) is 0 Å². The molecule has 0 aliphatic carbocycles. The van der Waals surface area contributed by atoms with Gasteiger partial charge in [-0.2, -0.15) is 0 Å². The molecule has 4 N–H and O–H groups in total. The number of carbonyl (C=O) groups is 1. The van der Waals surface area contributed by atoms with Crippen LogP contribution in [0, 0.1) is 0 Å². The lowest BCUT2D eigenvalue weighted by Gasteiger charge is -2.08. The highest BCUT2D eigenvalue weighted by molar-refractivity contribution is 6.59. The van der Waals surface area contributed by atoms with E-state index in [0.717, 1.165) is 0 Å². The van der Waals surface area contributed by atoms with E-state index in [4.69, 9.17) is 20.5 Å². The summed E-state index contributed by atoms with van der Waals surface area (Å²) in [5, 5.41) is 17.8. The van der Waals surface area contributed by atoms with Gasteiger partial charge in [0.15, 0.2) is 0 Å². The van der Waals surface area contributed by atoms with Crippen LogP contribution in [0.2, 0.25) is 0 Å². The van der Waals surface area contributed by atoms with Crippen LogP contribution < -0.4 is 15.9 Å². The lowest BCUT2D eigenvalue weighted by molar-refractivity contribution is 0.1000. The molecule has 1 aromatic rings. The van der Waals surface area contributed by atoms with E-state index in [1.165, 1.54) is 25.3 Å². The second kappa shape index (κ2) is 4.12. The summed E-state index contributed by atoms with van der Waals surface area (Å²) >= 11 is 0. The maximum absolute atomic E-state index is 10.8. The third-order valence-corrected chi connectivity index (χ3v) is 1.80. The largest absolute Gasteiger partial charge is 0.497 e. The van der Waals surface area contributed by atoms with Gasteiger partial charge in [-0.25, -0.2) is 0 Å². The highest BCUT2D eigenvalue weighted by atomic mass is 16.5. The minimum absolute atomic E-state index is 0.192. The van der Waals surface area contributed by atoms with Gasteiger partial charge in [-0.3, -0.25) is 4.79 Å². The first-order valence-corrected chi connectivity index (χ1v) is 3.90. The average Bonchev–Trinajstić information content (AvgIpc) is 2.16. The standard InChI is InChI=1S/C8H10BNO4/c1-14-7-4-5(8(10)11)2-3-6(7)9(12)13/h2-4,12-13H,1H3,(H2,10,11). The van der Waals surface area contributed by atoms with Gasteiger partial charge in [-0.15, -0.1) is 0 Å². The van der Waals surface area contributed by atoms with E-state index in [-0.39, 0.29) is 16.8 Å². The maximum Gasteiger partial charge on any atom is 0.492 e. The summed E-state index contributed by atoms with van der Waals surface area (Å²) < 4.78 is 4.87. The summed E-state index contributed by atoms with van der Waals surface area (Å²) in [7, 11) is -0.265. The Morgan fingerprint density at radius 2 is 2.14 bits per heavy atom. The summed E-state index contributed by atoms with van der Waals surface area (Å²) in [5.41, 5.74) is 5.49. The molecule has 5 nitrogen and oxygen atoms in total. The molecule has 0 radical (unpaired) electrons.